The van der Waals surface area contributed by atoms with Crippen LogP contribution in [0.2, 0.25) is 0 Å². The zero-order valence-electron chi connectivity index (χ0n) is 19.0. The van der Waals surface area contributed by atoms with Gasteiger partial charge >= 0.3 is 6.03 Å². The molecular weight excluding hydrogens is 430 g/mol. The predicted molar refractivity (Wildman–Crippen MR) is 128 cm³/mol. The van der Waals surface area contributed by atoms with Gasteiger partial charge in [0.15, 0.2) is 0 Å². The first kappa shape index (κ1) is 22.2. The third-order valence-corrected chi connectivity index (χ3v) is 6.48. The van der Waals surface area contributed by atoms with Crippen molar-refractivity contribution >= 4 is 11.9 Å². The van der Waals surface area contributed by atoms with Crippen LogP contribution in [0.15, 0.2) is 66.9 Å². The number of benzene rings is 2. The quantitative estimate of drug-likeness (QED) is 0.611. The van der Waals surface area contributed by atoms with Gasteiger partial charge in [-0.3, -0.25) is 4.79 Å². The van der Waals surface area contributed by atoms with Crippen molar-refractivity contribution in [2.75, 3.05) is 32.8 Å². The van der Waals surface area contributed by atoms with Crippen molar-refractivity contribution in [2.45, 2.75) is 24.9 Å². The molecule has 2 saturated heterocycles. The number of nitrogens with zero attached hydrogens (tertiary/aromatic N) is 3. The summed E-state index contributed by atoms with van der Waals surface area (Å²) in [5.41, 5.74) is 2.75. The molecule has 1 aromatic heterocycles. The Kier molecular flexibility index (Phi) is 6.58. The fraction of sp³-hybridized carbons (Fsp3) is 0.346. The summed E-state index contributed by atoms with van der Waals surface area (Å²) in [7, 11) is 0. The summed E-state index contributed by atoms with van der Waals surface area (Å²) in [5.74, 6) is 0.656. The summed E-state index contributed by atoms with van der Waals surface area (Å²) in [6.45, 7) is 2.67. The second kappa shape index (κ2) is 10.1. The lowest BCUT2D eigenvalue weighted by Gasteiger charge is -2.32. The number of hydrogen-bond acceptors (Lipinski definition) is 4. The highest BCUT2D eigenvalue weighted by Gasteiger charge is 2.37. The van der Waals surface area contributed by atoms with Gasteiger partial charge < -0.3 is 24.8 Å². The Bertz CT molecular complexity index is 1110. The zero-order chi connectivity index (χ0) is 23.3. The Morgan fingerprint density at radius 3 is 2.44 bits per heavy atom. The lowest BCUT2D eigenvalue weighted by atomic mass is 10.0. The lowest BCUT2D eigenvalue weighted by Crippen LogP contribution is -2.50. The molecule has 0 bridgehead atoms. The van der Waals surface area contributed by atoms with E-state index in [2.05, 4.69) is 15.3 Å². The number of hydrogen-bond donors (Lipinski definition) is 2. The van der Waals surface area contributed by atoms with E-state index in [1.165, 1.54) is 0 Å². The van der Waals surface area contributed by atoms with Crippen LogP contribution in [0.1, 0.15) is 36.3 Å². The van der Waals surface area contributed by atoms with E-state index in [1.54, 1.807) is 4.90 Å². The maximum absolute atomic E-state index is 13.9. The fourth-order valence-corrected chi connectivity index (χ4v) is 4.67. The smallest absolute Gasteiger partial charge is 0.318 e. The van der Waals surface area contributed by atoms with Crippen molar-refractivity contribution in [3.8, 4) is 11.3 Å². The monoisotopic (exact) mass is 459 g/mol. The molecule has 8 heteroatoms. The molecule has 3 heterocycles. The van der Waals surface area contributed by atoms with E-state index in [0.29, 0.717) is 32.8 Å². The number of morpholine rings is 1. The van der Waals surface area contributed by atoms with Crippen LogP contribution in [-0.4, -0.2) is 64.6 Å². The van der Waals surface area contributed by atoms with E-state index >= 15 is 0 Å². The lowest BCUT2D eigenvalue weighted by molar-refractivity contribution is -0.134. The number of ether oxygens (including phenoxy) is 1. The zero-order valence-corrected chi connectivity index (χ0v) is 19.0. The molecule has 3 aromatic rings. The van der Waals surface area contributed by atoms with Crippen LogP contribution >= 0.6 is 0 Å². The molecule has 0 aliphatic carbocycles. The molecular formula is C26H29N5O3. The minimum absolute atomic E-state index is 0.118. The maximum atomic E-state index is 13.9. The number of nitrogens with one attached hydrogen (secondary N) is 2. The van der Waals surface area contributed by atoms with E-state index in [4.69, 9.17) is 4.74 Å². The van der Waals surface area contributed by atoms with Crippen molar-refractivity contribution in [1.29, 1.82) is 0 Å². The molecule has 8 nitrogen and oxygen atoms in total. The molecule has 2 aromatic carbocycles. The molecule has 2 N–H and O–H groups in total. The number of likely N-dealkylation sites (tertiary alicyclic amines) is 1. The van der Waals surface area contributed by atoms with Crippen LogP contribution < -0.4 is 5.32 Å². The largest absolute Gasteiger partial charge is 0.378 e. The van der Waals surface area contributed by atoms with Crippen LogP contribution in [0.25, 0.3) is 11.3 Å². The molecule has 0 spiro atoms. The number of imidazole rings is 1. The van der Waals surface area contributed by atoms with Crippen LogP contribution in [0.5, 0.6) is 0 Å². The second-order valence-electron chi connectivity index (χ2n) is 8.63. The first-order chi connectivity index (χ1) is 16.7. The van der Waals surface area contributed by atoms with Crippen LogP contribution in [0.3, 0.4) is 0 Å². The maximum Gasteiger partial charge on any atom is 0.318 e. The van der Waals surface area contributed by atoms with Gasteiger partial charge in [-0.25, -0.2) is 9.78 Å². The van der Waals surface area contributed by atoms with Crippen molar-refractivity contribution in [3.05, 3.63) is 78.2 Å². The molecule has 0 radical (unpaired) electrons. The summed E-state index contributed by atoms with van der Waals surface area (Å²) in [6.07, 6.45) is 3.53. The summed E-state index contributed by atoms with van der Waals surface area (Å²) >= 11 is 0. The van der Waals surface area contributed by atoms with Gasteiger partial charge in [-0.15, -0.1) is 0 Å². The minimum atomic E-state index is -0.763. The molecule has 34 heavy (non-hydrogen) atoms. The SMILES string of the molecule is O=C(N[C@@H](C(=O)N1CCC[C@H]1c1ncc(-c2ccccc2)[nH]1)c1ccccc1)N1CCOCC1. The Morgan fingerprint density at radius 2 is 1.71 bits per heavy atom. The van der Waals surface area contributed by atoms with Gasteiger partial charge in [0.1, 0.15) is 11.9 Å². The first-order valence-corrected chi connectivity index (χ1v) is 11.8. The van der Waals surface area contributed by atoms with Crippen molar-refractivity contribution in [3.63, 3.8) is 0 Å². The second-order valence-corrected chi connectivity index (χ2v) is 8.63. The van der Waals surface area contributed by atoms with Crippen molar-refractivity contribution in [1.82, 2.24) is 25.1 Å². The van der Waals surface area contributed by atoms with Gasteiger partial charge in [-0.1, -0.05) is 60.7 Å². The molecule has 2 aliphatic heterocycles. The average Bonchev–Trinajstić information content (AvgIpc) is 3.58. The summed E-state index contributed by atoms with van der Waals surface area (Å²) in [4.78, 5) is 38.4. The predicted octanol–water partition coefficient (Wildman–Crippen LogP) is 3.52. The van der Waals surface area contributed by atoms with Gasteiger partial charge in [0, 0.05) is 19.6 Å². The molecule has 176 valence electrons. The Balaban J connectivity index is 1.38. The minimum Gasteiger partial charge on any atom is -0.378 e. The highest BCUT2D eigenvalue weighted by Crippen LogP contribution is 2.34. The van der Waals surface area contributed by atoms with Crippen molar-refractivity contribution in [2.24, 2.45) is 0 Å². The molecule has 2 aliphatic rings. The Hall–Kier alpha value is -3.65. The first-order valence-electron chi connectivity index (χ1n) is 11.8. The average molecular weight is 460 g/mol. The fourth-order valence-electron chi connectivity index (χ4n) is 4.67. The molecule has 5 rings (SSSR count). The van der Waals surface area contributed by atoms with Gasteiger partial charge in [-0.05, 0) is 24.0 Å². The molecule has 0 unspecified atom stereocenters. The number of rotatable bonds is 5. The number of carbonyl (C=O) groups is 2. The normalized spacial score (nSPS) is 19.1. The topological polar surface area (TPSA) is 90.6 Å². The standard InChI is InChI=1S/C26H29N5O3/c32-25(23(20-10-5-2-6-11-20)29-26(33)30-14-16-34-17-15-30)31-13-7-12-22(31)24-27-18-21(28-24)19-8-3-1-4-9-19/h1-6,8-11,18,22-23H,7,12-17H2,(H,27,28)(H,29,33)/t22-,23+/m0/s1. The number of H-pyrrole nitrogens is 1. The van der Waals surface area contributed by atoms with Crippen LogP contribution in [-0.2, 0) is 9.53 Å². The van der Waals surface area contributed by atoms with Crippen molar-refractivity contribution < 1.29 is 14.3 Å². The van der Waals surface area contributed by atoms with Gasteiger partial charge in [0.05, 0.1) is 31.1 Å². The summed E-state index contributed by atoms with van der Waals surface area (Å²) in [5, 5.41) is 2.99. The molecule has 0 saturated carbocycles. The third-order valence-electron chi connectivity index (χ3n) is 6.48. The molecule has 2 fully saturated rings. The van der Waals surface area contributed by atoms with E-state index in [0.717, 1.165) is 35.5 Å². The van der Waals surface area contributed by atoms with E-state index in [9.17, 15) is 9.59 Å². The number of amides is 3. The summed E-state index contributed by atoms with van der Waals surface area (Å²) in [6, 6.07) is 18.3. The number of aromatic nitrogens is 2. The molecule has 3 amide bonds. The molecule has 2 atom stereocenters. The number of aromatic amines is 1. The van der Waals surface area contributed by atoms with Crippen LogP contribution in [0.4, 0.5) is 4.79 Å². The van der Waals surface area contributed by atoms with E-state index in [-0.39, 0.29) is 18.0 Å². The highest BCUT2D eigenvalue weighted by atomic mass is 16.5. The summed E-state index contributed by atoms with van der Waals surface area (Å²) < 4.78 is 5.36. The Labute approximate surface area is 198 Å². The number of carbonyl (C=O) groups excluding carboxylic acids is 2. The third kappa shape index (κ3) is 4.68. The van der Waals surface area contributed by atoms with Crippen LogP contribution in [0, 0.1) is 0 Å². The van der Waals surface area contributed by atoms with Gasteiger partial charge in [0.25, 0.3) is 0 Å². The van der Waals surface area contributed by atoms with Gasteiger partial charge in [-0.2, -0.15) is 0 Å². The number of urea groups is 1. The Morgan fingerprint density at radius 1 is 1.00 bits per heavy atom. The van der Waals surface area contributed by atoms with Gasteiger partial charge in [0.2, 0.25) is 5.91 Å². The van der Waals surface area contributed by atoms with E-state index < -0.39 is 6.04 Å². The van der Waals surface area contributed by atoms with E-state index in [1.807, 2.05) is 71.8 Å². The highest BCUT2D eigenvalue weighted by molar-refractivity contribution is 5.88.